The van der Waals surface area contributed by atoms with E-state index in [0.717, 1.165) is 54.5 Å². The van der Waals surface area contributed by atoms with E-state index in [0.29, 0.717) is 10.9 Å². The molecule has 172 valence electrons. The maximum atomic E-state index is 6.70. The van der Waals surface area contributed by atoms with Crippen molar-refractivity contribution in [2.75, 3.05) is 25.5 Å². The summed E-state index contributed by atoms with van der Waals surface area (Å²) in [7, 11) is 1.69. The molecule has 5 nitrogen and oxygen atoms in total. The van der Waals surface area contributed by atoms with Crippen molar-refractivity contribution >= 4 is 28.5 Å². The average Bonchev–Trinajstić information content (AvgIpc) is 3.43. The Morgan fingerprint density at radius 1 is 1.18 bits per heavy atom. The van der Waals surface area contributed by atoms with Gasteiger partial charge in [0.1, 0.15) is 5.75 Å². The standard InChI is InChI=1S/C27H31ClN4O/c1-18-6-7-21(15-25(18)30-22-8-10-23(33-3)11-9-22)26-19(2)29-27-24(28)14-20(17-32(26)27)16-31-12-4-5-13-31/h7-11,14-15,17-18,30H,4-6,12-13,16H2,1-3H3. The number of halogens is 1. The molecule has 0 saturated carbocycles. The molecule has 1 aliphatic heterocycles. The zero-order chi connectivity index (χ0) is 22.9. The number of pyridine rings is 1. The van der Waals surface area contributed by atoms with E-state index < -0.39 is 0 Å². The van der Waals surface area contributed by atoms with Crippen LogP contribution in [0, 0.1) is 12.8 Å². The number of hydrogen-bond donors (Lipinski definition) is 1. The van der Waals surface area contributed by atoms with Crippen LogP contribution < -0.4 is 10.1 Å². The SMILES string of the molecule is COc1ccc(NC2=CC(c3c(C)nc4c(Cl)cc(CN5CCCC5)cn34)=CCC2C)cc1. The molecule has 2 aliphatic rings. The first-order valence-electron chi connectivity index (χ1n) is 11.7. The van der Waals surface area contributed by atoms with Crippen molar-refractivity contribution in [3.63, 3.8) is 0 Å². The summed E-state index contributed by atoms with van der Waals surface area (Å²) in [6.45, 7) is 7.59. The van der Waals surface area contributed by atoms with Crippen LogP contribution >= 0.6 is 11.6 Å². The van der Waals surface area contributed by atoms with Crippen molar-refractivity contribution in [3.8, 4) is 5.75 Å². The smallest absolute Gasteiger partial charge is 0.156 e. The second kappa shape index (κ2) is 9.24. The molecule has 3 heterocycles. The van der Waals surface area contributed by atoms with Crippen molar-refractivity contribution in [2.24, 2.45) is 5.92 Å². The molecule has 0 spiro atoms. The van der Waals surface area contributed by atoms with Crippen LogP contribution in [0.2, 0.25) is 5.02 Å². The summed E-state index contributed by atoms with van der Waals surface area (Å²) < 4.78 is 7.47. The highest BCUT2D eigenvalue weighted by molar-refractivity contribution is 6.33. The lowest BCUT2D eigenvalue weighted by atomic mass is 9.92. The first kappa shape index (κ1) is 22.1. The van der Waals surface area contributed by atoms with Crippen LogP contribution in [-0.2, 0) is 6.54 Å². The van der Waals surface area contributed by atoms with E-state index in [1.165, 1.54) is 29.7 Å². The summed E-state index contributed by atoms with van der Waals surface area (Å²) in [5.41, 5.74) is 7.62. The van der Waals surface area contributed by atoms with Gasteiger partial charge in [-0.1, -0.05) is 24.6 Å². The minimum Gasteiger partial charge on any atom is -0.497 e. The number of benzene rings is 1. The molecule has 0 radical (unpaired) electrons. The minimum atomic E-state index is 0.407. The van der Waals surface area contributed by atoms with E-state index >= 15 is 0 Å². The van der Waals surface area contributed by atoms with Gasteiger partial charge < -0.3 is 10.1 Å². The Labute approximate surface area is 200 Å². The number of anilines is 1. The van der Waals surface area contributed by atoms with Gasteiger partial charge in [-0.25, -0.2) is 4.98 Å². The summed E-state index contributed by atoms with van der Waals surface area (Å²) in [6.07, 6.45) is 10.3. The van der Waals surface area contributed by atoms with Gasteiger partial charge >= 0.3 is 0 Å². The monoisotopic (exact) mass is 462 g/mol. The number of rotatable bonds is 6. The normalized spacial score (nSPS) is 19.0. The number of aromatic nitrogens is 2. The summed E-state index contributed by atoms with van der Waals surface area (Å²) in [4.78, 5) is 7.32. The number of aryl methyl sites for hydroxylation is 1. The summed E-state index contributed by atoms with van der Waals surface area (Å²) in [5, 5.41) is 4.33. The van der Waals surface area contributed by atoms with Gasteiger partial charge in [0.2, 0.25) is 0 Å². The minimum absolute atomic E-state index is 0.407. The number of likely N-dealkylation sites (tertiary alicyclic amines) is 1. The Kier molecular flexibility index (Phi) is 6.17. The lowest BCUT2D eigenvalue weighted by Crippen LogP contribution is -2.18. The van der Waals surface area contributed by atoms with Crippen LogP contribution in [0.4, 0.5) is 5.69 Å². The van der Waals surface area contributed by atoms with Gasteiger partial charge in [-0.3, -0.25) is 9.30 Å². The fourth-order valence-corrected chi connectivity index (χ4v) is 5.14. The maximum Gasteiger partial charge on any atom is 0.156 e. The number of ether oxygens (including phenoxy) is 1. The van der Waals surface area contributed by atoms with Crippen molar-refractivity contribution in [2.45, 2.75) is 39.7 Å². The van der Waals surface area contributed by atoms with Crippen LogP contribution in [0.3, 0.4) is 0 Å². The van der Waals surface area contributed by atoms with Crippen molar-refractivity contribution in [1.29, 1.82) is 0 Å². The van der Waals surface area contributed by atoms with Gasteiger partial charge in [0.15, 0.2) is 5.65 Å². The predicted octanol–water partition coefficient (Wildman–Crippen LogP) is 6.32. The molecule has 3 aromatic rings. The lowest BCUT2D eigenvalue weighted by Gasteiger charge is -2.23. The van der Waals surface area contributed by atoms with E-state index in [4.69, 9.17) is 21.3 Å². The zero-order valence-electron chi connectivity index (χ0n) is 19.6. The number of methoxy groups -OCH3 is 1. The van der Waals surface area contributed by atoms with Crippen LogP contribution in [-0.4, -0.2) is 34.5 Å². The Balaban J connectivity index is 1.48. The van der Waals surface area contributed by atoms with Gasteiger partial charge in [-0.15, -0.1) is 0 Å². The van der Waals surface area contributed by atoms with Gasteiger partial charge in [-0.2, -0.15) is 0 Å². The third-order valence-corrected chi connectivity index (χ3v) is 6.97. The van der Waals surface area contributed by atoms with Gasteiger partial charge in [-0.05, 0) is 92.7 Å². The van der Waals surface area contributed by atoms with Crippen molar-refractivity contribution in [3.05, 3.63) is 76.4 Å². The molecule has 1 fully saturated rings. The van der Waals surface area contributed by atoms with E-state index in [1.54, 1.807) is 7.11 Å². The molecule has 33 heavy (non-hydrogen) atoms. The highest BCUT2D eigenvalue weighted by atomic mass is 35.5. The quantitative estimate of drug-likeness (QED) is 0.465. The molecule has 1 N–H and O–H groups in total. The van der Waals surface area contributed by atoms with E-state index in [-0.39, 0.29) is 0 Å². The first-order valence-corrected chi connectivity index (χ1v) is 12.1. The third kappa shape index (κ3) is 4.53. The van der Waals surface area contributed by atoms with E-state index in [1.807, 2.05) is 24.3 Å². The number of nitrogens with one attached hydrogen (secondary N) is 1. The number of fused-ring (bicyclic) bond motifs is 1. The second-order valence-electron chi connectivity index (χ2n) is 9.17. The molecule has 5 rings (SSSR count). The molecule has 1 atom stereocenters. The first-order chi connectivity index (χ1) is 16.0. The number of hydrogen-bond acceptors (Lipinski definition) is 4. The Hall–Kier alpha value is -2.76. The average molecular weight is 463 g/mol. The Bertz CT molecular complexity index is 1220. The van der Waals surface area contributed by atoms with Gasteiger partial charge in [0.05, 0.1) is 23.5 Å². The lowest BCUT2D eigenvalue weighted by molar-refractivity contribution is 0.331. The van der Waals surface area contributed by atoms with Gasteiger partial charge in [0, 0.05) is 24.1 Å². The molecule has 2 aromatic heterocycles. The van der Waals surface area contributed by atoms with E-state index in [2.05, 4.69) is 52.9 Å². The molecular weight excluding hydrogens is 432 g/mol. The topological polar surface area (TPSA) is 41.8 Å². The Morgan fingerprint density at radius 3 is 2.67 bits per heavy atom. The molecule has 1 aromatic carbocycles. The molecule has 1 aliphatic carbocycles. The summed E-state index contributed by atoms with van der Waals surface area (Å²) >= 11 is 6.70. The number of allylic oxidation sites excluding steroid dienone is 4. The molecule has 1 unspecified atom stereocenters. The highest BCUT2D eigenvalue weighted by Crippen LogP contribution is 2.34. The molecule has 1 saturated heterocycles. The fraction of sp³-hybridized carbons (Fsp3) is 0.370. The molecule has 0 amide bonds. The second-order valence-corrected chi connectivity index (χ2v) is 9.58. The Morgan fingerprint density at radius 2 is 1.94 bits per heavy atom. The number of nitrogens with zero attached hydrogens (tertiary/aromatic N) is 3. The fourth-order valence-electron chi connectivity index (χ4n) is 4.87. The zero-order valence-corrected chi connectivity index (χ0v) is 20.3. The molecular formula is C27H31ClN4O. The van der Waals surface area contributed by atoms with Gasteiger partial charge in [0.25, 0.3) is 0 Å². The van der Waals surface area contributed by atoms with Crippen LogP contribution in [0.1, 0.15) is 43.1 Å². The van der Waals surface area contributed by atoms with Crippen molar-refractivity contribution in [1.82, 2.24) is 14.3 Å². The van der Waals surface area contributed by atoms with Crippen LogP contribution in [0.5, 0.6) is 5.75 Å². The summed E-state index contributed by atoms with van der Waals surface area (Å²) in [5.74, 6) is 1.26. The molecule has 6 heteroatoms. The predicted molar refractivity (Wildman–Crippen MR) is 136 cm³/mol. The van der Waals surface area contributed by atoms with Crippen LogP contribution in [0.25, 0.3) is 11.2 Å². The van der Waals surface area contributed by atoms with Crippen LogP contribution in [0.15, 0.2) is 54.4 Å². The number of imidazole rings is 1. The summed E-state index contributed by atoms with van der Waals surface area (Å²) in [6, 6.07) is 10.1. The molecule has 0 bridgehead atoms. The maximum absolute atomic E-state index is 6.70. The van der Waals surface area contributed by atoms with E-state index in [9.17, 15) is 0 Å². The highest BCUT2D eigenvalue weighted by Gasteiger charge is 2.21. The van der Waals surface area contributed by atoms with Crippen molar-refractivity contribution < 1.29 is 4.74 Å². The largest absolute Gasteiger partial charge is 0.497 e. The third-order valence-electron chi connectivity index (χ3n) is 6.70.